The summed E-state index contributed by atoms with van der Waals surface area (Å²) in [7, 11) is 1.69. The van der Waals surface area contributed by atoms with Gasteiger partial charge in [-0.05, 0) is 31.2 Å². The minimum absolute atomic E-state index is 0.313. The van der Waals surface area contributed by atoms with Crippen molar-refractivity contribution >= 4 is 5.97 Å². The van der Waals surface area contributed by atoms with Crippen molar-refractivity contribution in [3.8, 4) is 0 Å². The normalized spacial score (nSPS) is 12.7. The van der Waals surface area contributed by atoms with Gasteiger partial charge < -0.3 is 9.84 Å². The Bertz CT molecular complexity index is 392. The number of hydrogen-bond acceptors (Lipinski definition) is 3. The summed E-state index contributed by atoms with van der Waals surface area (Å²) >= 11 is 0. The maximum atomic E-state index is 10.9. The van der Waals surface area contributed by atoms with E-state index in [0.717, 1.165) is 18.7 Å². The highest BCUT2D eigenvalue weighted by Crippen LogP contribution is 2.11. The Labute approximate surface area is 108 Å². The number of methoxy groups -OCH3 is 1. The highest BCUT2D eigenvalue weighted by atomic mass is 16.5. The van der Waals surface area contributed by atoms with Gasteiger partial charge in [-0.2, -0.15) is 0 Å². The first-order valence-corrected chi connectivity index (χ1v) is 6.13. The summed E-state index contributed by atoms with van der Waals surface area (Å²) in [5.41, 5.74) is 1.35. The molecule has 1 rings (SSSR count). The molecule has 1 N–H and O–H groups in total. The summed E-state index contributed by atoms with van der Waals surface area (Å²) in [4.78, 5) is 13.2. The fourth-order valence-corrected chi connectivity index (χ4v) is 1.96. The van der Waals surface area contributed by atoms with Crippen LogP contribution in [0.2, 0.25) is 0 Å². The third-order valence-corrected chi connectivity index (χ3v) is 3.00. The van der Waals surface area contributed by atoms with E-state index in [1.165, 1.54) is 0 Å². The monoisotopic (exact) mass is 251 g/mol. The number of ether oxygens (including phenoxy) is 1. The SMILES string of the molecule is CCN(Cc1cccc(C(=O)O)c1)C(C)COC. The molecule has 0 radical (unpaired) electrons. The Morgan fingerprint density at radius 2 is 2.22 bits per heavy atom. The van der Waals surface area contributed by atoms with Gasteiger partial charge in [0.1, 0.15) is 0 Å². The first-order valence-electron chi connectivity index (χ1n) is 6.13. The van der Waals surface area contributed by atoms with Gasteiger partial charge in [-0.25, -0.2) is 4.79 Å². The lowest BCUT2D eigenvalue weighted by molar-refractivity contribution is 0.0696. The molecule has 0 saturated carbocycles. The molecule has 0 fully saturated rings. The summed E-state index contributed by atoms with van der Waals surface area (Å²) in [6, 6.07) is 7.39. The summed E-state index contributed by atoms with van der Waals surface area (Å²) in [5.74, 6) is -0.884. The lowest BCUT2D eigenvalue weighted by atomic mass is 10.1. The molecule has 100 valence electrons. The fraction of sp³-hybridized carbons (Fsp3) is 0.500. The van der Waals surface area contributed by atoms with E-state index in [1.54, 1.807) is 25.3 Å². The van der Waals surface area contributed by atoms with Crippen molar-refractivity contribution in [1.29, 1.82) is 0 Å². The Kier molecular flexibility index (Phi) is 5.82. The predicted octanol–water partition coefficient (Wildman–Crippen LogP) is 2.24. The second kappa shape index (κ2) is 7.13. The molecule has 0 saturated heterocycles. The molecular weight excluding hydrogens is 230 g/mol. The Morgan fingerprint density at radius 1 is 1.50 bits per heavy atom. The highest BCUT2D eigenvalue weighted by Gasteiger charge is 2.13. The lowest BCUT2D eigenvalue weighted by Gasteiger charge is -2.27. The summed E-state index contributed by atoms with van der Waals surface area (Å²) < 4.78 is 5.15. The number of carbonyl (C=O) groups is 1. The Balaban J connectivity index is 2.75. The van der Waals surface area contributed by atoms with Crippen LogP contribution in [0.3, 0.4) is 0 Å². The van der Waals surface area contributed by atoms with Crippen LogP contribution in [0.25, 0.3) is 0 Å². The molecule has 0 bridgehead atoms. The van der Waals surface area contributed by atoms with Gasteiger partial charge in [-0.3, -0.25) is 4.90 Å². The van der Waals surface area contributed by atoms with Crippen molar-refractivity contribution in [2.45, 2.75) is 26.4 Å². The maximum absolute atomic E-state index is 10.9. The van der Waals surface area contributed by atoms with Crippen molar-refractivity contribution in [2.24, 2.45) is 0 Å². The van der Waals surface area contributed by atoms with Crippen LogP contribution in [0.15, 0.2) is 24.3 Å². The van der Waals surface area contributed by atoms with Crippen molar-refractivity contribution in [2.75, 3.05) is 20.3 Å². The van der Waals surface area contributed by atoms with Crippen LogP contribution in [-0.2, 0) is 11.3 Å². The van der Waals surface area contributed by atoms with Gasteiger partial charge in [-0.1, -0.05) is 19.1 Å². The van der Waals surface area contributed by atoms with Gasteiger partial charge in [0.25, 0.3) is 0 Å². The second-order valence-corrected chi connectivity index (χ2v) is 4.37. The van der Waals surface area contributed by atoms with E-state index in [0.29, 0.717) is 18.2 Å². The van der Waals surface area contributed by atoms with Crippen LogP contribution in [0.4, 0.5) is 0 Å². The number of carboxylic acids is 1. The number of benzene rings is 1. The standard InChI is InChI=1S/C14H21NO3/c1-4-15(11(2)10-18-3)9-12-6-5-7-13(8-12)14(16)17/h5-8,11H,4,9-10H2,1-3H3,(H,16,17). The number of hydrogen-bond donors (Lipinski definition) is 1. The first-order chi connectivity index (χ1) is 8.58. The zero-order valence-corrected chi connectivity index (χ0v) is 11.2. The third kappa shape index (κ3) is 4.13. The second-order valence-electron chi connectivity index (χ2n) is 4.37. The zero-order valence-electron chi connectivity index (χ0n) is 11.2. The average molecular weight is 251 g/mol. The van der Waals surface area contributed by atoms with Gasteiger partial charge in [0.05, 0.1) is 12.2 Å². The molecular formula is C14H21NO3. The van der Waals surface area contributed by atoms with Gasteiger partial charge in [0.15, 0.2) is 0 Å². The van der Waals surface area contributed by atoms with Gasteiger partial charge in [-0.15, -0.1) is 0 Å². The number of rotatable bonds is 7. The number of nitrogens with zero attached hydrogens (tertiary/aromatic N) is 1. The zero-order chi connectivity index (χ0) is 13.5. The van der Waals surface area contributed by atoms with Crippen molar-refractivity contribution in [3.05, 3.63) is 35.4 Å². The van der Waals surface area contributed by atoms with Crippen LogP contribution in [0, 0.1) is 0 Å². The van der Waals surface area contributed by atoms with Crippen molar-refractivity contribution in [1.82, 2.24) is 4.90 Å². The molecule has 0 aliphatic heterocycles. The third-order valence-electron chi connectivity index (χ3n) is 3.00. The number of aromatic carboxylic acids is 1. The van der Waals surface area contributed by atoms with Gasteiger partial charge in [0, 0.05) is 19.7 Å². The fourth-order valence-electron chi connectivity index (χ4n) is 1.96. The van der Waals surface area contributed by atoms with Crippen LogP contribution in [0.1, 0.15) is 29.8 Å². The van der Waals surface area contributed by atoms with Crippen molar-refractivity contribution in [3.63, 3.8) is 0 Å². The summed E-state index contributed by atoms with van der Waals surface area (Å²) in [6.07, 6.45) is 0. The highest BCUT2D eigenvalue weighted by molar-refractivity contribution is 5.87. The first kappa shape index (κ1) is 14.7. The van der Waals surface area contributed by atoms with E-state index in [-0.39, 0.29) is 0 Å². The number of likely N-dealkylation sites (N-methyl/N-ethyl adjacent to an activating group) is 1. The minimum atomic E-state index is -0.884. The number of carboxylic acid groups (broad SMARTS) is 1. The van der Waals surface area contributed by atoms with E-state index in [2.05, 4.69) is 18.7 Å². The van der Waals surface area contributed by atoms with Gasteiger partial charge >= 0.3 is 5.97 Å². The largest absolute Gasteiger partial charge is 0.478 e. The van der Waals surface area contributed by atoms with Crippen LogP contribution >= 0.6 is 0 Å². The molecule has 0 heterocycles. The molecule has 1 atom stereocenters. The van der Waals surface area contributed by atoms with E-state index in [1.807, 2.05) is 6.07 Å². The molecule has 0 amide bonds. The predicted molar refractivity (Wildman–Crippen MR) is 70.8 cm³/mol. The Hall–Kier alpha value is -1.39. The molecule has 4 nitrogen and oxygen atoms in total. The molecule has 1 unspecified atom stereocenters. The molecule has 0 spiro atoms. The van der Waals surface area contributed by atoms with Crippen molar-refractivity contribution < 1.29 is 14.6 Å². The summed E-state index contributed by atoms with van der Waals surface area (Å²) in [6.45, 7) is 6.51. The van der Waals surface area contributed by atoms with Gasteiger partial charge in [0.2, 0.25) is 0 Å². The lowest BCUT2D eigenvalue weighted by Crippen LogP contribution is -2.35. The van der Waals surface area contributed by atoms with Crippen LogP contribution in [0.5, 0.6) is 0 Å². The topological polar surface area (TPSA) is 49.8 Å². The van der Waals surface area contributed by atoms with E-state index >= 15 is 0 Å². The van der Waals surface area contributed by atoms with Crippen LogP contribution in [-0.4, -0.2) is 42.3 Å². The van der Waals surface area contributed by atoms with E-state index < -0.39 is 5.97 Å². The molecule has 4 heteroatoms. The molecule has 0 aliphatic rings. The van der Waals surface area contributed by atoms with Crippen LogP contribution < -0.4 is 0 Å². The maximum Gasteiger partial charge on any atom is 0.335 e. The minimum Gasteiger partial charge on any atom is -0.478 e. The molecule has 1 aromatic rings. The molecule has 1 aromatic carbocycles. The molecule has 18 heavy (non-hydrogen) atoms. The smallest absolute Gasteiger partial charge is 0.335 e. The van der Waals surface area contributed by atoms with E-state index in [9.17, 15) is 4.79 Å². The molecule has 0 aliphatic carbocycles. The molecule has 0 aromatic heterocycles. The average Bonchev–Trinajstić information content (AvgIpc) is 2.36. The summed E-state index contributed by atoms with van der Waals surface area (Å²) in [5, 5.41) is 8.96. The quantitative estimate of drug-likeness (QED) is 0.807. The van der Waals surface area contributed by atoms with E-state index in [4.69, 9.17) is 9.84 Å². The Morgan fingerprint density at radius 3 is 2.78 bits per heavy atom.